The number of aromatic nitrogens is 2. The average molecular weight is 432 g/mol. The van der Waals surface area contributed by atoms with Gasteiger partial charge in [0.05, 0.1) is 29.5 Å². The first-order chi connectivity index (χ1) is 14.5. The Kier molecular flexibility index (Phi) is 6.42. The molecule has 2 heterocycles. The molecule has 2 amide bonds. The van der Waals surface area contributed by atoms with Gasteiger partial charge in [-0.3, -0.25) is 4.79 Å². The minimum atomic E-state index is -2.88. The fourth-order valence-corrected chi connectivity index (χ4v) is 3.27. The molecule has 166 valence electrons. The maximum atomic E-state index is 13.6. The van der Waals surface area contributed by atoms with Gasteiger partial charge in [0.15, 0.2) is 0 Å². The van der Waals surface area contributed by atoms with Gasteiger partial charge in [0, 0.05) is 5.56 Å². The van der Waals surface area contributed by atoms with Gasteiger partial charge in [0.1, 0.15) is 5.60 Å². The van der Waals surface area contributed by atoms with Gasteiger partial charge < -0.3 is 15.4 Å². The highest BCUT2D eigenvalue weighted by Gasteiger charge is 2.24. The molecule has 3 rings (SSSR count). The van der Waals surface area contributed by atoms with Crippen LogP contribution < -0.4 is 10.6 Å². The number of carbonyl (C=O) groups excluding carboxylic acids is 2. The summed E-state index contributed by atoms with van der Waals surface area (Å²) >= 11 is 0. The van der Waals surface area contributed by atoms with Gasteiger partial charge in [0.25, 0.3) is 0 Å². The number of hydrogen-bond donors (Lipinski definition) is 2. The molecule has 1 aliphatic rings. The number of ether oxygens (including phenoxy) is 1. The summed E-state index contributed by atoms with van der Waals surface area (Å²) < 4.78 is 33.1. The van der Waals surface area contributed by atoms with Crippen molar-refractivity contribution in [2.24, 2.45) is 5.92 Å². The molecule has 0 saturated carbocycles. The molecule has 1 aromatic carbocycles. The standard InChI is InChI=1S/C22H26F2N4O3/c1-13-7-5-10-16(27-21(30)31-22(2,3)4)14-8-6-9-15(11-14)18-17(26-19(13)29)12-25-28(18)20(23)24/h5-9,11-13,16,20H,10H2,1-4H3,(H,26,29)(H,27,30)/b7-5-/t13-,16+/m1/s1. The Labute approximate surface area is 179 Å². The summed E-state index contributed by atoms with van der Waals surface area (Å²) in [7, 11) is 0. The van der Waals surface area contributed by atoms with E-state index in [0.29, 0.717) is 22.2 Å². The molecule has 2 atom stereocenters. The van der Waals surface area contributed by atoms with Crippen molar-refractivity contribution in [3.8, 4) is 11.3 Å². The number of carbonyl (C=O) groups is 2. The topological polar surface area (TPSA) is 85.2 Å². The van der Waals surface area contributed by atoms with E-state index >= 15 is 0 Å². The number of alkyl halides is 2. The van der Waals surface area contributed by atoms with Gasteiger partial charge >= 0.3 is 12.6 Å². The van der Waals surface area contributed by atoms with E-state index in [2.05, 4.69) is 15.7 Å². The number of amides is 2. The summed E-state index contributed by atoms with van der Waals surface area (Å²) in [4.78, 5) is 24.9. The van der Waals surface area contributed by atoms with Crippen molar-refractivity contribution in [2.45, 2.75) is 52.3 Å². The number of nitrogens with zero attached hydrogens (tertiary/aromatic N) is 2. The zero-order valence-corrected chi connectivity index (χ0v) is 17.9. The van der Waals surface area contributed by atoms with Gasteiger partial charge in [-0.15, -0.1) is 0 Å². The molecule has 0 spiro atoms. The Bertz CT molecular complexity index is 995. The molecule has 1 aliphatic heterocycles. The fourth-order valence-electron chi connectivity index (χ4n) is 3.27. The minimum Gasteiger partial charge on any atom is -0.444 e. The van der Waals surface area contributed by atoms with E-state index in [9.17, 15) is 18.4 Å². The number of rotatable bonds is 2. The summed E-state index contributed by atoms with van der Waals surface area (Å²) in [6, 6.07) is 6.39. The van der Waals surface area contributed by atoms with Crippen LogP contribution in [0.4, 0.5) is 19.3 Å². The van der Waals surface area contributed by atoms with Crippen molar-refractivity contribution in [1.29, 1.82) is 0 Å². The lowest BCUT2D eigenvalue weighted by molar-refractivity contribution is -0.118. The Morgan fingerprint density at radius 1 is 1.35 bits per heavy atom. The third kappa shape index (κ3) is 5.48. The maximum absolute atomic E-state index is 13.6. The van der Waals surface area contributed by atoms with Crippen molar-refractivity contribution in [2.75, 3.05) is 5.32 Å². The Morgan fingerprint density at radius 2 is 2.10 bits per heavy atom. The van der Waals surface area contributed by atoms with Crippen LogP contribution in [-0.4, -0.2) is 27.4 Å². The second kappa shape index (κ2) is 8.87. The van der Waals surface area contributed by atoms with E-state index in [-0.39, 0.29) is 17.3 Å². The molecular formula is C22H26F2N4O3. The number of halogens is 2. The fraction of sp³-hybridized carbons (Fsp3) is 0.409. The van der Waals surface area contributed by atoms with Crippen molar-refractivity contribution < 1.29 is 23.1 Å². The molecule has 2 aromatic rings. The van der Waals surface area contributed by atoms with Crippen LogP contribution in [0.3, 0.4) is 0 Å². The molecule has 0 fully saturated rings. The van der Waals surface area contributed by atoms with Crippen LogP contribution in [0.2, 0.25) is 0 Å². The zero-order chi connectivity index (χ0) is 22.8. The molecule has 1 aromatic heterocycles. The number of nitrogens with one attached hydrogen (secondary N) is 2. The summed E-state index contributed by atoms with van der Waals surface area (Å²) in [6.07, 6.45) is 4.53. The summed E-state index contributed by atoms with van der Waals surface area (Å²) in [5.74, 6) is -0.859. The van der Waals surface area contributed by atoms with Gasteiger partial charge in [-0.05, 0) is 38.8 Å². The predicted octanol–water partition coefficient (Wildman–Crippen LogP) is 5.05. The van der Waals surface area contributed by atoms with Gasteiger partial charge in [-0.1, -0.05) is 37.3 Å². The number of hydrogen-bond acceptors (Lipinski definition) is 4. The predicted molar refractivity (Wildman–Crippen MR) is 113 cm³/mol. The molecule has 0 unspecified atom stereocenters. The van der Waals surface area contributed by atoms with E-state index in [1.807, 2.05) is 6.08 Å². The molecule has 0 aliphatic carbocycles. The first-order valence-corrected chi connectivity index (χ1v) is 9.98. The maximum Gasteiger partial charge on any atom is 0.408 e. The molecule has 31 heavy (non-hydrogen) atoms. The molecule has 7 nitrogen and oxygen atoms in total. The van der Waals surface area contributed by atoms with Gasteiger partial charge in [-0.2, -0.15) is 13.9 Å². The van der Waals surface area contributed by atoms with Crippen LogP contribution in [-0.2, 0) is 9.53 Å². The Balaban J connectivity index is 2.07. The molecule has 0 saturated heterocycles. The van der Waals surface area contributed by atoms with E-state index in [4.69, 9.17) is 4.74 Å². The van der Waals surface area contributed by atoms with Crippen LogP contribution in [0, 0.1) is 5.92 Å². The van der Waals surface area contributed by atoms with Gasteiger partial charge in [-0.25, -0.2) is 9.48 Å². The first-order valence-electron chi connectivity index (χ1n) is 9.98. The van der Waals surface area contributed by atoms with Crippen molar-refractivity contribution in [3.63, 3.8) is 0 Å². The van der Waals surface area contributed by atoms with Crippen LogP contribution >= 0.6 is 0 Å². The molecule has 2 bridgehead atoms. The van der Waals surface area contributed by atoms with Crippen LogP contribution in [0.5, 0.6) is 0 Å². The van der Waals surface area contributed by atoms with Crippen molar-refractivity contribution >= 4 is 17.7 Å². The molecule has 9 heteroatoms. The average Bonchev–Trinajstić information content (AvgIpc) is 3.08. The lowest BCUT2D eigenvalue weighted by Gasteiger charge is -2.24. The number of fused-ring (bicyclic) bond motifs is 4. The van der Waals surface area contributed by atoms with Crippen LogP contribution in [0.15, 0.2) is 42.6 Å². The largest absolute Gasteiger partial charge is 0.444 e. The van der Waals surface area contributed by atoms with Crippen LogP contribution in [0.1, 0.15) is 52.3 Å². The number of anilines is 1. The third-order valence-electron chi connectivity index (χ3n) is 4.70. The molecular weight excluding hydrogens is 406 g/mol. The minimum absolute atomic E-state index is 0.0953. The quantitative estimate of drug-likeness (QED) is 0.651. The zero-order valence-electron chi connectivity index (χ0n) is 17.9. The first kappa shape index (κ1) is 22.5. The summed E-state index contributed by atoms with van der Waals surface area (Å²) in [5.41, 5.74) is 0.774. The smallest absolute Gasteiger partial charge is 0.408 e. The van der Waals surface area contributed by atoms with E-state index in [0.717, 1.165) is 0 Å². The Morgan fingerprint density at radius 3 is 2.77 bits per heavy atom. The third-order valence-corrected chi connectivity index (χ3v) is 4.70. The molecule has 0 radical (unpaired) electrons. The second-order valence-electron chi connectivity index (χ2n) is 8.40. The highest BCUT2D eigenvalue weighted by Crippen LogP contribution is 2.34. The summed E-state index contributed by atoms with van der Waals surface area (Å²) in [6.45, 7) is 4.11. The lowest BCUT2D eigenvalue weighted by atomic mass is 9.98. The van der Waals surface area contributed by atoms with Crippen LogP contribution in [0.25, 0.3) is 11.3 Å². The summed E-state index contributed by atoms with van der Waals surface area (Å²) in [5, 5.41) is 9.27. The Hall–Kier alpha value is -3.23. The van der Waals surface area contributed by atoms with E-state index < -0.39 is 30.2 Å². The van der Waals surface area contributed by atoms with Crippen molar-refractivity contribution in [1.82, 2.24) is 15.1 Å². The highest BCUT2D eigenvalue weighted by atomic mass is 19.3. The van der Waals surface area contributed by atoms with E-state index in [1.54, 1.807) is 58.0 Å². The monoisotopic (exact) mass is 432 g/mol. The highest BCUT2D eigenvalue weighted by molar-refractivity contribution is 5.96. The van der Waals surface area contributed by atoms with E-state index in [1.165, 1.54) is 6.20 Å². The number of alkyl carbamates (subject to hydrolysis) is 1. The SMILES string of the molecule is C[C@@H]1/C=C\C[C@H](NC(=O)OC(C)(C)C)c2cccc(c2)-c2c(cnn2C(F)F)NC1=O. The number of benzene rings is 1. The molecule has 2 N–H and O–H groups in total. The lowest BCUT2D eigenvalue weighted by Crippen LogP contribution is -2.35. The van der Waals surface area contributed by atoms with Gasteiger partial charge in [0.2, 0.25) is 5.91 Å². The van der Waals surface area contributed by atoms with Crippen molar-refractivity contribution in [3.05, 3.63) is 48.2 Å². The second-order valence-corrected chi connectivity index (χ2v) is 8.40. The normalized spacial score (nSPS) is 20.2.